The number of carboxylic acid groups (broad SMARTS) is 1. The maximum Gasteiger partial charge on any atom is 0.323 e. The molecule has 1 fully saturated rings. The van der Waals surface area contributed by atoms with Crippen molar-refractivity contribution in [2.24, 2.45) is 11.8 Å². The number of carbonyl (C=O) groups excluding carboxylic acids is 1. The summed E-state index contributed by atoms with van der Waals surface area (Å²) in [5.41, 5.74) is 3.24. The van der Waals surface area contributed by atoms with Crippen LogP contribution in [0.3, 0.4) is 0 Å². The Bertz CT molecular complexity index is 1240. The molecule has 2 atom stereocenters. The number of amides is 2. The molecule has 178 valence electrons. The zero-order valence-corrected chi connectivity index (χ0v) is 20.0. The molecule has 1 aliphatic carbocycles. The van der Waals surface area contributed by atoms with Gasteiger partial charge in [0.15, 0.2) is 5.13 Å². The number of para-hydroxylation sites is 1. The van der Waals surface area contributed by atoms with E-state index in [-0.39, 0.29) is 23.8 Å². The third-order valence-electron chi connectivity index (χ3n) is 6.58. The quantitative estimate of drug-likeness (QED) is 0.301. The highest BCUT2D eigenvalue weighted by Crippen LogP contribution is 2.39. The van der Waals surface area contributed by atoms with Crippen molar-refractivity contribution in [1.82, 2.24) is 9.88 Å². The van der Waals surface area contributed by atoms with Gasteiger partial charge in [0.2, 0.25) is 0 Å². The summed E-state index contributed by atoms with van der Waals surface area (Å²) >= 11 is 1.44. The van der Waals surface area contributed by atoms with E-state index in [2.05, 4.69) is 34.6 Å². The number of hydrogen-bond acceptors (Lipinski definition) is 4. The van der Waals surface area contributed by atoms with Gasteiger partial charge in [0.25, 0.3) is 0 Å². The lowest BCUT2D eigenvalue weighted by molar-refractivity contribution is -0.138. The second-order valence-electron chi connectivity index (χ2n) is 8.97. The van der Waals surface area contributed by atoms with Crippen molar-refractivity contribution < 1.29 is 14.7 Å². The van der Waals surface area contributed by atoms with Gasteiger partial charge >= 0.3 is 12.0 Å². The van der Waals surface area contributed by atoms with Crippen molar-refractivity contribution in [3.8, 4) is 0 Å². The van der Waals surface area contributed by atoms with E-state index in [9.17, 15) is 14.7 Å². The number of fused-ring (bicyclic) bond motifs is 1. The smallest absolute Gasteiger partial charge is 0.323 e. The Balaban J connectivity index is 1.34. The normalized spacial score (nSPS) is 16.8. The summed E-state index contributed by atoms with van der Waals surface area (Å²) in [4.78, 5) is 31.1. The van der Waals surface area contributed by atoms with Crippen LogP contribution in [0.5, 0.6) is 0 Å². The van der Waals surface area contributed by atoms with Gasteiger partial charge in [-0.25, -0.2) is 9.78 Å². The van der Waals surface area contributed by atoms with Crippen LogP contribution in [-0.2, 0) is 4.79 Å². The first-order chi connectivity index (χ1) is 17.1. The van der Waals surface area contributed by atoms with Gasteiger partial charge in [-0.1, -0.05) is 84.1 Å². The van der Waals surface area contributed by atoms with Crippen molar-refractivity contribution >= 4 is 38.7 Å². The summed E-state index contributed by atoms with van der Waals surface area (Å²) in [5.74, 6) is -1.04. The summed E-state index contributed by atoms with van der Waals surface area (Å²) in [7, 11) is 0. The fourth-order valence-electron chi connectivity index (χ4n) is 4.59. The second kappa shape index (κ2) is 10.3. The second-order valence-corrected chi connectivity index (χ2v) is 10.00. The molecule has 6 nitrogen and oxygen atoms in total. The van der Waals surface area contributed by atoms with Gasteiger partial charge in [0, 0.05) is 19.0 Å². The van der Waals surface area contributed by atoms with Crippen LogP contribution in [0.15, 0.2) is 84.9 Å². The Hall–Kier alpha value is -3.71. The maximum absolute atomic E-state index is 13.3. The fourth-order valence-corrected chi connectivity index (χ4v) is 5.44. The van der Waals surface area contributed by atoms with Crippen LogP contribution in [0.2, 0.25) is 0 Å². The van der Waals surface area contributed by atoms with E-state index < -0.39 is 5.97 Å². The van der Waals surface area contributed by atoms with Crippen LogP contribution in [0.4, 0.5) is 9.93 Å². The summed E-state index contributed by atoms with van der Waals surface area (Å²) in [5, 5.41) is 12.9. The van der Waals surface area contributed by atoms with Gasteiger partial charge in [-0.05, 0) is 42.0 Å². The Morgan fingerprint density at radius 1 is 0.971 bits per heavy atom. The van der Waals surface area contributed by atoms with Crippen molar-refractivity contribution in [3.05, 3.63) is 96.1 Å². The molecule has 0 saturated heterocycles. The number of carbonyl (C=O) groups is 2. The average Bonchev–Trinajstić information content (AvgIpc) is 3.54. The minimum Gasteiger partial charge on any atom is -0.481 e. The van der Waals surface area contributed by atoms with E-state index in [4.69, 9.17) is 0 Å². The SMILES string of the molecule is O=C(O)[C@H]1CC1CN(CCC(c1ccccc1)c1ccccc1)C(=O)Nc1nc2ccccc2s1. The van der Waals surface area contributed by atoms with E-state index >= 15 is 0 Å². The topological polar surface area (TPSA) is 82.5 Å². The molecule has 2 N–H and O–H groups in total. The highest BCUT2D eigenvalue weighted by Gasteiger charge is 2.44. The third-order valence-corrected chi connectivity index (χ3v) is 7.53. The van der Waals surface area contributed by atoms with Crippen LogP contribution >= 0.6 is 11.3 Å². The minimum absolute atomic E-state index is 0.0134. The van der Waals surface area contributed by atoms with Gasteiger partial charge in [0.1, 0.15) is 0 Å². The molecule has 1 aliphatic rings. The molecule has 7 heteroatoms. The number of carboxylic acids is 1. The Kier molecular flexibility index (Phi) is 6.77. The number of nitrogens with one attached hydrogen (secondary N) is 1. The Labute approximate surface area is 208 Å². The van der Waals surface area contributed by atoms with Gasteiger partial charge < -0.3 is 10.0 Å². The third kappa shape index (κ3) is 5.52. The van der Waals surface area contributed by atoms with Gasteiger partial charge in [-0.3, -0.25) is 10.1 Å². The molecule has 5 rings (SSSR count). The van der Waals surface area contributed by atoms with E-state index in [1.807, 2.05) is 60.7 Å². The molecule has 0 spiro atoms. The van der Waals surface area contributed by atoms with Crippen LogP contribution < -0.4 is 5.32 Å². The molecule has 2 amide bonds. The summed E-state index contributed by atoms with van der Waals surface area (Å²) in [6.45, 7) is 0.929. The largest absolute Gasteiger partial charge is 0.481 e. The van der Waals surface area contributed by atoms with Crippen LogP contribution in [0.25, 0.3) is 10.2 Å². The average molecular weight is 486 g/mol. The zero-order chi connectivity index (χ0) is 24.2. The van der Waals surface area contributed by atoms with Crippen LogP contribution in [0.1, 0.15) is 29.9 Å². The number of rotatable bonds is 9. The Morgan fingerprint density at radius 2 is 1.60 bits per heavy atom. The minimum atomic E-state index is -0.784. The van der Waals surface area contributed by atoms with Gasteiger partial charge in [0.05, 0.1) is 16.1 Å². The van der Waals surface area contributed by atoms with E-state index in [0.717, 1.165) is 16.6 Å². The number of hydrogen-bond donors (Lipinski definition) is 2. The predicted octanol–water partition coefficient (Wildman–Crippen LogP) is 6.07. The number of nitrogens with zero attached hydrogens (tertiary/aromatic N) is 2. The molecular formula is C28H27N3O3S. The van der Waals surface area contributed by atoms with Crippen LogP contribution in [-0.4, -0.2) is 40.1 Å². The first kappa shape index (κ1) is 23.1. The van der Waals surface area contributed by atoms with E-state index in [1.165, 1.54) is 22.5 Å². The fraction of sp³-hybridized carbons (Fsp3) is 0.250. The molecular weight excluding hydrogens is 458 g/mol. The maximum atomic E-state index is 13.3. The number of aromatic nitrogens is 1. The van der Waals surface area contributed by atoms with Gasteiger partial charge in [-0.15, -0.1) is 0 Å². The van der Waals surface area contributed by atoms with Crippen LogP contribution in [0, 0.1) is 11.8 Å². The summed E-state index contributed by atoms with van der Waals surface area (Å²) < 4.78 is 1.01. The molecule has 0 bridgehead atoms. The van der Waals surface area contributed by atoms with Gasteiger partial charge in [-0.2, -0.15) is 0 Å². The highest BCUT2D eigenvalue weighted by atomic mass is 32.1. The first-order valence-corrected chi connectivity index (χ1v) is 12.6. The molecule has 0 radical (unpaired) electrons. The molecule has 1 heterocycles. The summed E-state index contributed by atoms with van der Waals surface area (Å²) in [6.07, 6.45) is 1.34. The molecule has 35 heavy (non-hydrogen) atoms. The zero-order valence-electron chi connectivity index (χ0n) is 19.2. The number of benzene rings is 3. The lowest BCUT2D eigenvalue weighted by Crippen LogP contribution is -2.38. The molecule has 1 saturated carbocycles. The van der Waals surface area contributed by atoms with E-state index in [1.54, 1.807) is 4.90 Å². The summed E-state index contributed by atoms with van der Waals surface area (Å²) in [6, 6.07) is 28.1. The lowest BCUT2D eigenvalue weighted by atomic mass is 9.88. The van der Waals surface area contributed by atoms with Crippen molar-refractivity contribution in [2.45, 2.75) is 18.8 Å². The number of thiazole rings is 1. The van der Waals surface area contributed by atoms with Crippen molar-refractivity contribution in [2.75, 3.05) is 18.4 Å². The number of anilines is 1. The first-order valence-electron chi connectivity index (χ1n) is 11.8. The molecule has 0 aliphatic heterocycles. The Morgan fingerprint density at radius 3 is 2.20 bits per heavy atom. The van der Waals surface area contributed by atoms with Crippen molar-refractivity contribution in [3.63, 3.8) is 0 Å². The number of aliphatic carboxylic acids is 1. The molecule has 1 aromatic heterocycles. The molecule has 1 unspecified atom stereocenters. The molecule has 4 aromatic rings. The standard InChI is InChI=1S/C28H27N3O3S/c32-26(33)23-17-21(23)18-31(28(34)30-27-29-24-13-7-8-14-25(24)35-27)16-15-22(19-9-3-1-4-10-19)20-11-5-2-6-12-20/h1-14,21-23H,15-18H2,(H,32,33)(H,29,30,34)/t21?,23-/m0/s1. The lowest BCUT2D eigenvalue weighted by Gasteiger charge is -2.26. The molecule has 3 aromatic carbocycles. The number of urea groups is 1. The predicted molar refractivity (Wildman–Crippen MR) is 139 cm³/mol. The van der Waals surface area contributed by atoms with Crippen molar-refractivity contribution in [1.29, 1.82) is 0 Å². The monoisotopic (exact) mass is 485 g/mol. The van der Waals surface area contributed by atoms with E-state index in [0.29, 0.717) is 24.6 Å². The highest BCUT2D eigenvalue weighted by molar-refractivity contribution is 7.22.